The summed E-state index contributed by atoms with van der Waals surface area (Å²) in [6, 6.07) is 0. The summed E-state index contributed by atoms with van der Waals surface area (Å²) in [5.74, 6) is -0.717. The van der Waals surface area contributed by atoms with Crippen LogP contribution >= 0.6 is 0 Å². The fourth-order valence-electron chi connectivity index (χ4n) is 3.65. The molecule has 0 aliphatic heterocycles. The molecule has 2 rings (SSSR count). The maximum atomic E-state index is 12.1. The van der Waals surface area contributed by atoms with Gasteiger partial charge in [0.05, 0.1) is 12.2 Å². The minimum atomic E-state index is -0.795. The first kappa shape index (κ1) is 19.9. The predicted molar refractivity (Wildman–Crippen MR) is 95.0 cm³/mol. The van der Waals surface area contributed by atoms with Gasteiger partial charge in [0.25, 0.3) is 0 Å². The average Bonchev–Trinajstić information content (AvgIpc) is 2.75. The first-order valence-electron chi connectivity index (χ1n) is 9.41. The summed E-state index contributed by atoms with van der Waals surface area (Å²) in [6.45, 7) is 0. The van der Waals surface area contributed by atoms with Gasteiger partial charge in [-0.25, -0.2) is 0 Å². The maximum Gasteiger partial charge on any atom is 0.303 e. The van der Waals surface area contributed by atoms with Crippen LogP contribution in [0.5, 0.6) is 0 Å². The van der Waals surface area contributed by atoms with Crippen LogP contribution in [0.1, 0.15) is 57.8 Å². The standard InChI is InChI=1S/C20H30O5/c21-17(14-7-5-8-14)11-6-10-16-15(18(22)13-19(16)23)9-3-1-2-4-12-20(24)25/h1,3,6,10,14-17,19,21,23H,2,4-5,7-9,11-13H2,(H,24,25)/t15-,16-,17?,19?/m1/s1. The van der Waals surface area contributed by atoms with Crippen molar-refractivity contribution >= 4 is 11.8 Å². The van der Waals surface area contributed by atoms with Gasteiger partial charge in [-0.1, -0.05) is 30.7 Å². The highest BCUT2D eigenvalue weighted by Gasteiger charge is 2.39. The number of aliphatic hydroxyl groups is 2. The van der Waals surface area contributed by atoms with Gasteiger partial charge in [0, 0.05) is 24.7 Å². The molecule has 5 nitrogen and oxygen atoms in total. The van der Waals surface area contributed by atoms with E-state index in [1.165, 1.54) is 6.42 Å². The third kappa shape index (κ3) is 6.08. The maximum absolute atomic E-state index is 12.1. The van der Waals surface area contributed by atoms with Crippen LogP contribution in [0.25, 0.3) is 0 Å². The number of hydrogen-bond donors (Lipinski definition) is 3. The van der Waals surface area contributed by atoms with Crippen molar-refractivity contribution in [2.24, 2.45) is 17.8 Å². The molecule has 2 unspecified atom stereocenters. The molecule has 0 radical (unpaired) electrons. The Balaban J connectivity index is 1.79. The molecule has 140 valence electrons. The van der Waals surface area contributed by atoms with Gasteiger partial charge in [-0.2, -0.15) is 0 Å². The van der Waals surface area contributed by atoms with Gasteiger partial charge in [0.1, 0.15) is 5.78 Å². The molecule has 2 fully saturated rings. The third-order valence-corrected chi connectivity index (χ3v) is 5.48. The van der Waals surface area contributed by atoms with E-state index in [1.54, 1.807) is 0 Å². The van der Waals surface area contributed by atoms with Crippen LogP contribution < -0.4 is 0 Å². The normalized spacial score (nSPS) is 28.7. The van der Waals surface area contributed by atoms with Crippen molar-refractivity contribution in [2.45, 2.75) is 70.0 Å². The Bertz CT molecular complexity index is 506. The van der Waals surface area contributed by atoms with Gasteiger partial charge in [0.15, 0.2) is 0 Å². The zero-order valence-electron chi connectivity index (χ0n) is 14.7. The zero-order chi connectivity index (χ0) is 18.2. The molecule has 2 aliphatic carbocycles. The number of rotatable bonds is 10. The molecule has 0 heterocycles. The van der Waals surface area contributed by atoms with Crippen LogP contribution in [0.4, 0.5) is 0 Å². The number of carbonyl (C=O) groups excluding carboxylic acids is 1. The van der Waals surface area contributed by atoms with Gasteiger partial charge < -0.3 is 15.3 Å². The molecule has 0 aromatic carbocycles. The number of unbranched alkanes of at least 4 members (excludes halogenated alkanes) is 1. The summed E-state index contributed by atoms with van der Waals surface area (Å²) in [5.41, 5.74) is 0. The number of aliphatic hydroxyl groups excluding tert-OH is 2. The number of Topliss-reactive ketones (excluding diaryl/α,β-unsaturated/α-hetero) is 1. The van der Waals surface area contributed by atoms with Gasteiger partial charge in [-0.3, -0.25) is 9.59 Å². The quantitative estimate of drug-likeness (QED) is 0.416. The molecule has 2 saturated carbocycles. The van der Waals surface area contributed by atoms with Crippen molar-refractivity contribution in [1.29, 1.82) is 0 Å². The number of aliphatic carboxylic acids is 1. The molecule has 25 heavy (non-hydrogen) atoms. The van der Waals surface area contributed by atoms with Crippen LogP contribution in [0, 0.1) is 17.8 Å². The summed E-state index contributed by atoms with van der Waals surface area (Å²) < 4.78 is 0. The smallest absolute Gasteiger partial charge is 0.303 e. The van der Waals surface area contributed by atoms with E-state index in [2.05, 4.69) is 0 Å². The minimum absolute atomic E-state index is 0.0804. The van der Waals surface area contributed by atoms with Gasteiger partial charge in [-0.05, 0) is 44.4 Å². The third-order valence-electron chi connectivity index (χ3n) is 5.48. The van der Waals surface area contributed by atoms with Crippen molar-refractivity contribution in [3.63, 3.8) is 0 Å². The van der Waals surface area contributed by atoms with Crippen molar-refractivity contribution in [2.75, 3.05) is 0 Å². The number of hydrogen-bond acceptors (Lipinski definition) is 4. The Morgan fingerprint density at radius 2 is 2.00 bits per heavy atom. The SMILES string of the molecule is O=C(O)CCCC=CC[C@H]1C(=O)CC(O)[C@@H]1C=CCC(O)C1CCC1. The Hall–Kier alpha value is -1.46. The fraction of sp³-hybridized carbons (Fsp3) is 0.700. The Morgan fingerprint density at radius 1 is 1.24 bits per heavy atom. The molecule has 2 aliphatic rings. The molecule has 0 aromatic rings. The zero-order valence-corrected chi connectivity index (χ0v) is 14.7. The number of allylic oxidation sites excluding steroid dienone is 2. The second-order valence-electron chi connectivity index (χ2n) is 7.34. The largest absolute Gasteiger partial charge is 0.481 e. The van der Waals surface area contributed by atoms with Crippen molar-refractivity contribution in [3.05, 3.63) is 24.3 Å². The van der Waals surface area contributed by atoms with Gasteiger partial charge in [-0.15, -0.1) is 0 Å². The molecule has 0 bridgehead atoms. The first-order chi connectivity index (χ1) is 12.0. The van der Waals surface area contributed by atoms with E-state index in [4.69, 9.17) is 5.11 Å². The lowest BCUT2D eigenvalue weighted by Crippen LogP contribution is -2.26. The summed E-state index contributed by atoms with van der Waals surface area (Å²) in [7, 11) is 0. The summed E-state index contributed by atoms with van der Waals surface area (Å²) in [6.07, 6.45) is 12.9. The minimum Gasteiger partial charge on any atom is -0.481 e. The van der Waals surface area contributed by atoms with Crippen LogP contribution in [0.2, 0.25) is 0 Å². The molecule has 0 amide bonds. The Kier molecular flexibility index (Phi) is 7.85. The average molecular weight is 350 g/mol. The highest BCUT2D eigenvalue weighted by atomic mass is 16.4. The lowest BCUT2D eigenvalue weighted by Gasteiger charge is -2.29. The van der Waals surface area contributed by atoms with E-state index < -0.39 is 12.1 Å². The van der Waals surface area contributed by atoms with E-state index in [0.29, 0.717) is 31.6 Å². The molecule has 4 atom stereocenters. The van der Waals surface area contributed by atoms with Crippen LogP contribution in [0.15, 0.2) is 24.3 Å². The summed E-state index contributed by atoms with van der Waals surface area (Å²) in [4.78, 5) is 22.6. The summed E-state index contributed by atoms with van der Waals surface area (Å²) in [5, 5.41) is 28.8. The van der Waals surface area contributed by atoms with E-state index in [0.717, 1.165) is 12.8 Å². The number of carboxylic acids is 1. The number of carbonyl (C=O) groups is 2. The number of ketones is 1. The van der Waals surface area contributed by atoms with Crippen molar-refractivity contribution < 1.29 is 24.9 Å². The number of carboxylic acid groups (broad SMARTS) is 1. The van der Waals surface area contributed by atoms with Crippen molar-refractivity contribution in [1.82, 2.24) is 0 Å². The molecule has 0 spiro atoms. The van der Waals surface area contributed by atoms with E-state index in [1.807, 2.05) is 24.3 Å². The molecule has 0 saturated heterocycles. The molecular weight excluding hydrogens is 320 g/mol. The summed E-state index contributed by atoms with van der Waals surface area (Å²) >= 11 is 0. The first-order valence-corrected chi connectivity index (χ1v) is 9.41. The lowest BCUT2D eigenvalue weighted by molar-refractivity contribution is -0.137. The van der Waals surface area contributed by atoms with Crippen LogP contribution in [0.3, 0.4) is 0 Å². The molecule has 0 aromatic heterocycles. The lowest BCUT2D eigenvalue weighted by atomic mass is 9.80. The molecular formula is C20H30O5. The fourth-order valence-corrected chi connectivity index (χ4v) is 3.65. The highest BCUT2D eigenvalue weighted by molar-refractivity contribution is 5.84. The van der Waals surface area contributed by atoms with Crippen molar-refractivity contribution in [3.8, 4) is 0 Å². The molecule has 5 heteroatoms. The highest BCUT2D eigenvalue weighted by Crippen LogP contribution is 2.34. The second-order valence-corrected chi connectivity index (χ2v) is 7.34. The van der Waals surface area contributed by atoms with Gasteiger partial charge in [0.2, 0.25) is 0 Å². The van der Waals surface area contributed by atoms with E-state index in [9.17, 15) is 19.8 Å². The monoisotopic (exact) mass is 350 g/mol. The van der Waals surface area contributed by atoms with E-state index in [-0.39, 0.29) is 36.6 Å². The topological polar surface area (TPSA) is 94.8 Å². The predicted octanol–water partition coefficient (Wildman–Crippen LogP) is 2.86. The second kappa shape index (κ2) is 9.88. The van der Waals surface area contributed by atoms with Gasteiger partial charge >= 0.3 is 5.97 Å². The van der Waals surface area contributed by atoms with E-state index >= 15 is 0 Å². The van der Waals surface area contributed by atoms with Crippen LogP contribution in [-0.2, 0) is 9.59 Å². The van der Waals surface area contributed by atoms with Crippen LogP contribution in [-0.4, -0.2) is 39.3 Å². The Morgan fingerprint density at radius 3 is 2.64 bits per heavy atom. The Labute approximate surface area is 149 Å². The molecule has 3 N–H and O–H groups in total.